The molecule has 0 radical (unpaired) electrons. The summed E-state index contributed by atoms with van der Waals surface area (Å²) < 4.78 is 35.6. The van der Waals surface area contributed by atoms with Crippen LogP contribution in [0.2, 0.25) is 0 Å². The number of ether oxygens (including phenoxy) is 4. The van der Waals surface area contributed by atoms with Gasteiger partial charge in [0.05, 0.1) is 18.9 Å². The maximum Gasteiger partial charge on any atom is 0.509 e. The molecule has 0 aliphatic carbocycles. The molecule has 2 saturated heterocycles. The van der Waals surface area contributed by atoms with Gasteiger partial charge in [-0.15, -0.1) is 0 Å². The summed E-state index contributed by atoms with van der Waals surface area (Å²) in [4.78, 5) is 38.7. The molecule has 1 N–H and O–H groups in total. The zero-order valence-corrected chi connectivity index (χ0v) is 14.8. The number of nitrogens with one attached hydrogen (secondary N) is 1. The van der Waals surface area contributed by atoms with E-state index >= 15 is 0 Å². The zero-order chi connectivity index (χ0) is 19.6. The minimum Gasteiger partial charge on any atom is -0.449 e. The molecule has 1 aromatic rings. The van der Waals surface area contributed by atoms with Gasteiger partial charge >= 0.3 is 17.9 Å². The van der Waals surface area contributed by atoms with Crippen molar-refractivity contribution in [3.8, 4) is 0 Å². The summed E-state index contributed by atoms with van der Waals surface area (Å²) in [7, 11) is 0. The van der Waals surface area contributed by atoms with Crippen LogP contribution in [0.15, 0.2) is 11.0 Å². The van der Waals surface area contributed by atoms with Crippen molar-refractivity contribution < 1.29 is 32.9 Å². The van der Waals surface area contributed by atoms with Gasteiger partial charge in [0.2, 0.25) is 0 Å². The molecule has 4 atom stereocenters. The van der Waals surface area contributed by atoms with E-state index < -0.39 is 54.1 Å². The van der Waals surface area contributed by atoms with Crippen molar-refractivity contribution in [1.82, 2.24) is 9.55 Å². The van der Waals surface area contributed by atoms with E-state index in [4.69, 9.17) is 18.9 Å². The first-order valence-corrected chi connectivity index (χ1v) is 8.66. The summed E-state index contributed by atoms with van der Waals surface area (Å²) in [6, 6.07) is 0. The lowest BCUT2D eigenvalue weighted by molar-refractivity contribution is -0.0524. The lowest BCUT2D eigenvalue weighted by Crippen LogP contribution is -2.35. The number of halogens is 1. The average Bonchev–Trinajstić information content (AvgIpc) is 3.13. The van der Waals surface area contributed by atoms with Crippen molar-refractivity contribution in [2.24, 2.45) is 0 Å². The number of rotatable bonds is 6. The fourth-order valence-corrected chi connectivity index (χ4v) is 2.93. The normalized spacial score (nSPS) is 26.3. The van der Waals surface area contributed by atoms with Crippen LogP contribution in [0.25, 0.3) is 0 Å². The predicted molar refractivity (Wildman–Crippen MR) is 87.7 cm³/mol. The maximum atomic E-state index is 14.3. The number of aromatic nitrogens is 2. The van der Waals surface area contributed by atoms with E-state index in [2.05, 4.69) is 10.3 Å². The summed E-state index contributed by atoms with van der Waals surface area (Å²) >= 11 is 0. The lowest BCUT2D eigenvalue weighted by Gasteiger charge is -2.18. The highest BCUT2D eigenvalue weighted by molar-refractivity contribution is 5.83. The Morgan fingerprint density at radius 2 is 2.07 bits per heavy atom. The van der Waals surface area contributed by atoms with Gasteiger partial charge in [0.1, 0.15) is 0 Å². The molecule has 1 amide bonds. The monoisotopic (exact) mass is 385 g/mol. The molecule has 27 heavy (non-hydrogen) atoms. The van der Waals surface area contributed by atoms with Gasteiger partial charge in [0.15, 0.2) is 30.1 Å². The second-order valence-corrected chi connectivity index (χ2v) is 6.24. The lowest BCUT2D eigenvalue weighted by atomic mass is 10.1. The number of unbranched alkanes of at least 4 members (excludes halogenated alkanes) is 2. The minimum atomic E-state index is -1.08. The molecular formula is C16H20FN3O7. The molecule has 2 fully saturated rings. The summed E-state index contributed by atoms with van der Waals surface area (Å²) in [5.74, 6) is -1.52. The molecule has 0 bridgehead atoms. The molecule has 3 rings (SSSR count). The van der Waals surface area contributed by atoms with Crippen LogP contribution in [0.1, 0.15) is 39.3 Å². The van der Waals surface area contributed by atoms with Gasteiger partial charge in [-0.3, -0.25) is 9.88 Å². The van der Waals surface area contributed by atoms with Crippen LogP contribution in [-0.2, 0) is 18.9 Å². The van der Waals surface area contributed by atoms with E-state index in [0.29, 0.717) is 6.42 Å². The van der Waals surface area contributed by atoms with Gasteiger partial charge in [-0.25, -0.2) is 18.8 Å². The summed E-state index contributed by atoms with van der Waals surface area (Å²) in [6.45, 7) is 3.82. The van der Waals surface area contributed by atoms with E-state index in [1.165, 1.54) is 0 Å². The third kappa shape index (κ3) is 4.02. The number of hydrogen-bond acceptors (Lipinski definition) is 8. The molecule has 11 heteroatoms. The number of nitrogens with zero attached hydrogens (tertiary/aromatic N) is 2. The molecule has 0 aromatic carbocycles. The first-order chi connectivity index (χ1) is 12.9. The molecule has 1 unspecified atom stereocenters. The second-order valence-electron chi connectivity index (χ2n) is 6.24. The average molecular weight is 385 g/mol. The van der Waals surface area contributed by atoms with E-state index in [9.17, 15) is 18.8 Å². The van der Waals surface area contributed by atoms with Gasteiger partial charge in [-0.2, -0.15) is 4.98 Å². The molecule has 0 saturated carbocycles. The number of carbonyl (C=O) groups excluding carboxylic acids is 2. The van der Waals surface area contributed by atoms with Crippen molar-refractivity contribution in [3.63, 3.8) is 0 Å². The number of amides is 1. The van der Waals surface area contributed by atoms with E-state index in [1.807, 2.05) is 6.92 Å². The van der Waals surface area contributed by atoms with Crippen LogP contribution in [0, 0.1) is 5.82 Å². The summed E-state index contributed by atoms with van der Waals surface area (Å²) in [5, 5.41) is 2.10. The Bertz CT molecular complexity index is 784. The van der Waals surface area contributed by atoms with E-state index in [-0.39, 0.29) is 6.61 Å². The zero-order valence-electron chi connectivity index (χ0n) is 14.8. The van der Waals surface area contributed by atoms with Gasteiger partial charge in [0.25, 0.3) is 0 Å². The summed E-state index contributed by atoms with van der Waals surface area (Å²) in [5.41, 5.74) is -0.890. The third-order valence-electron chi connectivity index (χ3n) is 4.27. The molecule has 3 heterocycles. The molecule has 2 aliphatic heterocycles. The number of anilines is 1. The van der Waals surface area contributed by atoms with Crippen LogP contribution in [0.5, 0.6) is 0 Å². The van der Waals surface area contributed by atoms with Crippen LogP contribution >= 0.6 is 0 Å². The number of fused-ring (bicyclic) bond motifs is 1. The van der Waals surface area contributed by atoms with Gasteiger partial charge in [-0.1, -0.05) is 19.8 Å². The Hall–Kier alpha value is -2.69. The van der Waals surface area contributed by atoms with E-state index in [0.717, 1.165) is 23.6 Å². The van der Waals surface area contributed by atoms with Crippen molar-refractivity contribution in [3.05, 3.63) is 22.5 Å². The van der Waals surface area contributed by atoms with E-state index in [1.54, 1.807) is 6.92 Å². The Labute approximate surface area is 153 Å². The summed E-state index contributed by atoms with van der Waals surface area (Å²) in [6.07, 6.45) is -1.64. The highest BCUT2D eigenvalue weighted by Gasteiger charge is 2.53. The van der Waals surface area contributed by atoms with Crippen LogP contribution in [0.3, 0.4) is 0 Å². The SMILES string of the molecule is CCCCCOC(=O)Nc1nc(=O)n([C@@H]2O[C@H](C)C3OC(=O)O[C@H]32)cc1F. The van der Waals surface area contributed by atoms with Gasteiger partial charge in [0, 0.05) is 0 Å². The predicted octanol–water partition coefficient (Wildman–Crippen LogP) is 1.94. The molecule has 148 valence electrons. The quantitative estimate of drug-likeness (QED) is 0.583. The number of carbonyl (C=O) groups is 2. The highest BCUT2D eigenvalue weighted by atomic mass is 19.1. The van der Waals surface area contributed by atoms with Crippen molar-refractivity contribution in [2.75, 3.05) is 11.9 Å². The van der Waals surface area contributed by atoms with Crippen LogP contribution in [0.4, 0.5) is 19.8 Å². The Morgan fingerprint density at radius 1 is 1.33 bits per heavy atom. The Morgan fingerprint density at radius 3 is 2.81 bits per heavy atom. The van der Waals surface area contributed by atoms with Crippen LogP contribution in [-0.4, -0.2) is 46.7 Å². The standard InChI is InChI=1S/C16H20FN3O7/c1-3-4-5-6-24-15(22)19-12-9(17)7-20(14(21)18-12)13-11-10(8(2)25-13)26-16(23)27-11/h7-8,10-11,13H,3-6H2,1-2H3,(H,18,19,21,22)/t8-,10?,11-,13-/m1/s1. The Balaban J connectivity index is 1.71. The molecule has 2 aliphatic rings. The fraction of sp³-hybridized carbons (Fsp3) is 0.625. The number of hydrogen-bond donors (Lipinski definition) is 1. The third-order valence-corrected chi connectivity index (χ3v) is 4.27. The van der Waals surface area contributed by atoms with Crippen molar-refractivity contribution in [2.45, 2.75) is 57.6 Å². The van der Waals surface area contributed by atoms with Crippen LogP contribution < -0.4 is 11.0 Å². The second kappa shape index (κ2) is 7.91. The first-order valence-electron chi connectivity index (χ1n) is 8.66. The smallest absolute Gasteiger partial charge is 0.449 e. The topological polar surface area (TPSA) is 118 Å². The van der Waals surface area contributed by atoms with Crippen molar-refractivity contribution in [1.29, 1.82) is 0 Å². The first kappa shape index (κ1) is 19.1. The molecule has 1 aromatic heterocycles. The molecule has 0 spiro atoms. The largest absolute Gasteiger partial charge is 0.509 e. The molecule has 10 nitrogen and oxygen atoms in total. The van der Waals surface area contributed by atoms with Gasteiger partial charge < -0.3 is 18.9 Å². The van der Waals surface area contributed by atoms with Gasteiger partial charge in [-0.05, 0) is 13.3 Å². The molecular weight excluding hydrogens is 365 g/mol. The minimum absolute atomic E-state index is 0.181. The Kier molecular flexibility index (Phi) is 5.59. The fourth-order valence-electron chi connectivity index (χ4n) is 2.93. The van der Waals surface area contributed by atoms with Crippen molar-refractivity contribution >= 4 is 18.1 Å². The highest BCUT2D eigenvalue weighted by Crippen LogP contribution is 2.37. The maximum absolute atomic E-state index is 14.3.